The number of benzene rings is 1. The third kappa shape index (κ3) is 4.58. The summed E-state index contributed by atoms with van der Waals surface area (Å²) in [5.41, 5.74) is 1.18. The average Bonchev–Trinajstić information content (AvgIpc) is 2.29. The van der Waals surface area contributed by atoms with Gasteiger partial charge in [0.25, 0.3) is 0 Å². The molecule has 1 aromatic carbocycles. The summed E-state index contributed by atoms with van der Waals surface area (Å²) in [7, 11) is 0. The molecule has 1 rings (SSSR count). The standard InChI is InChI=1S/C14H20FN/c1-3-4-5-10-16-11-12(2)13-6-8-14(15)9-7-13/h3-4,6-9,12,16H,5,10-11H2,1-2H3/b4-3+. The van der Waals surface area contributed by atoms with Gasteiger partial charge in [-0.05, 0) is 43.5 Å². The van der Waals surface area contributed by atoms with E-state index < -0.39 is 0 Å². The van der Waals surface area contributed by atoms with Gasteiger partial charge in [-0.25, -0.2) is 4.39 Å². The first-order chi connectivity index (χ1) is 7.74. The second-order valence-corrected chi connectivity index (χ2v) is 4.01. The molecule has 0 radical (unpaired) electrons. The summed E-state index contributed by atoms with van der Waals surface area (Å²) in [6.45, 7) is 6.11. The van der Waals surface area contributed by atoms with Gasteiger partial charge in [0.1, 0.15) is 5.82 Å². The second kappa shape index (κ2) is 7.18. The summed E-state index contributed by atoms with van der Waals surface area (Å²) < 4.78 is 12.7. The highest BCUT2D eigenvalue weighted by Crippen LogP contribution is 2.14. The van der Waals surface area contributed by atoms with Gasteiger partial charge in [0, 0.05) is 6.54 Å². The van der Waals surface area contributed by atoms with Crippen molar-refractivity contribution in [3.05, 3.63) is 47.8 Å². The van der Waals surface area contributed by atoms with Gasteiger partial charge >= 0.3 is 0 Å². The Hall–Kier alpha value is -1.15. The fourth-order valence-corrected chi connectivity index (χ4v) is 1.58. The van der Waals surface area contributed by atoms with E-state index in [0.29, 0.717) is 5.92 Å². The first-order valence-electron chi connectivity index (χ1n) is 5.81. The highest BCUT2D eigenvalue weighted by Gasteiger charge is 2.04. The van der Waals surface area contributed by atoms with Crippen LogP contribution in [-0.4, -0.2) is 13.1 Å². The van der Waals surface area contributed by atoms with Crippen LogP contribution in [-0.2, 0) is 0 Å². The van der Waals surface area contributed by atoms with Gasteiger partial charge in [-0.15, -0.1) is 0 Å². The molecule has 1 unspecified atom stereocenters. The Morgan fingerprint density at radius 2 is 2.00 bits per heavy atom. The molecule has 2 heteroatoms. The largest absolute Gasteiger partial charge is 0.316 e. The van der Waals surface area contributed by atoms with Crippen LogP contribution in [0.4, 0.5) is 4.39 Å². The summed E-state index contributed by atoms with van der Waals surface area (Å²) in [4.78, 5) is 0. The molecule has 0 aromatic heterocycles. The number of halogens is 1. The molecular formula is C14H20FN. The number of hydrogen-bond acceptors (Lipinski definition) is 1. The van der Waals surface area contributed by atoms with Crippen LogP contribution in [0.15, 0.2) is 36.4 Å². The van der Waals surface area contributed by atoms with Crippen molar-refractivity contribution >= 4 is 0 Å². The maximum absolute atomic E-state index is 12.7. The predicted molar refractivity (Wildman–Crippen MR) is 67.1 cm³/mol. The molecule has 0 heterocycles. The van der Waals surface area contributed by atoms with Crippen LogP contribution in [0.5, 0.6) is 0 Å². The molecule has 1 atom stereocenters. The Morgan fingerprint density at radius 3 is 2.62 bits per heavy atom. The summed E-state index contributed by atoms with van der Waals surface area (Å²) in [6.07, 6.45) is 5.27. The van der Waals surface area contributed by atoms with Crippen LogP contribution in [0.2, 0.25) is 0 Å². The van der Waals surface area contributed by atoms with Crippen molar-refractivity contribution < 1.29 is 4.39 Å². The molecule has 0 spiro atoms. The molecular weight excluding hydrogens is 201 g/mol. The Morgan fingerprint density at radius 1 is 1.31 bits per heavy atom. The molecule has 0 bridgehead atoms. The molecule has 0 saturated heterocycles. The van der Waals surface area contributed by atoms with E-state index in [-0.39, 0.29) is 5.82 Å². The number of hydrogen-bond donors (Lipinski definition) is 1. The van der Waals surface area contributed by atoms with Crippen LogP contribution in [0.1, 0.15) is 31.7 Å². The average molecular weight is 221 g/mol. The summed E-state index contributed by atoms with van der Waals surface area (Å²) in [5.74, 6) is 0.253. The molecule has 0 aliphatic heterocycles. The van der Waals surface area contributed by atoms with Crippen molar-refractivity contribution in [3.8, 4) is 0 Å². The van der Waals surface area contributed by atoms with E-state index in [0.717, 1.165) is 19.5 Å². The van der Waals surface area contributed by atoms with Crippen LogP contribution < -0.4 is 5.32 Å². The molecule has 1 N–H and O–H groups in total. The zero-order valence-corrected chi connectivity index (χ0v) is 10.0. The Bertz CT molecular complexity index is 316. The van der Waals surface area contributed by atoms with Crippen LogP contribution in [0.25, 0.3) is 0 Å². The van der Waals surface area contributed by atoms with Crippen LogP contribution in [0, 0.1) is 5.82 Å². The monoisotopic (exact) mass is 221 g/mol. The van der Waals surface area contributed by atoms with Crippen molar-refractivity contribution in [1.82, 2.24) is 5.32 Å². The molecule has 88 valence electrons. The highest BCUT2D eigenvalue weighted by atomic mass is 19.1. The smallest absolute Gasteiger partial charge is 0.123 e. The Kier molecular flexibility index (Phi) is 5.79. The van der Waals surface area contributed by atoms with Crippen molar-refractivity contribution in [2.45, 2.75) is 26.2 Å². The zero-order valence-electron chi connectivity index (χ0n) is 10.0. The van der Waals surface area contributed by atoms with Gasteiger partial charge < -0.3 is 5.32 Å². The predicted octanol–water partition coefficient (Wildman–Crippen LogP) is 3.49. The molecule has 1 nitrogen and oxygen atoms in total. The van der Waals surface area contributed by atoms with Crippen LogP contribution >= 0.6 is 0 Å². The van der Waals surface area contributed by atoms with Crippen molar-refractivity contribution in [1.29, 1.82) is 0 Å². The minimum atomic E-state index is -0.169. The van der Waals surface area contributed by atoms with Crippen molar-refractivity contribution in [2.75, 3.05) is 13.1 Å². The van der Waals surface area contributed by atoms with Gasteiger partial charge in [-0.2, -0.15) is 0 Å². The number of nitrogens with one attached hydrogen (secondary N) is 1. The zero-order chi connectivity index (χ0) is 11.8. The van der Waals surface area contributed by atoms with E-state index >= 15 is 0 Å². The van der Waals surface area contributed by atoms with Gasteiger partial charge in [-0.3, -0.25) is 0 Å². The third-order valence-corrected chi connectivity index (χ3v) is 2.61. The summed E-state index contributed by atoms with van der Waals surface area (Å²) >= 11 is 0. The first kappa shape index (κ1) is 12.9. The summed E-state index contributed by atoms with van der Waals surface area (Å²) in [6, 6.07) is 6.75. The van der Waals surface area contributed by atoms with E-state index in [4.69, 9.17) is 0 Å². The fraction of sp³-hybridized carbons (Fsp3) is 0.429. The number of rotatable bonds is 6. The molecule has 0 saturated carbocycles. The van der Waals surface area contributed by atoms with Crippen LogP contribution in [0.3, 0.4) is 0 Å². The maximum Gasteiger partial charge on any atom is 0.123 e. The SMILES string of the molecule is C/C=C/CCNCC(C)c1ccc(F)cc1. The van der Waals surface area contributed by atoms with E-state index in [1.54, 1.807) is 0 Å². The molecule has 0 amide bonds. The van der Waals surface area contributed by atoms with Gasteiger partial charge in [0.2, 0.25) is 0 Å². The first-order valence-corrected chi connectivity index (χ1v) is 5.81. The minimum absolute atomic E-state index is 0.169. The lowest BCUT2D eigenvalue weighted by Gasteiger charge is -2.12. The molecule has 1 aromatic rings. The molecule has 0 fully saturated rings. The minimum Gasteiger partial charge on any atom is -0.316 e. The lowest BCUT2D eigenvalue weighted by molar-refractivity contribution is 0.610. The van der Waals surface area contributed by atoms with E-state index in [1.807, 2.05) is 19.1 Å². The molecule has 16 heavy (non-hydrogen) atoms. The van der Waals surface area contributed by atoms with Gasteiger partial charge in [-0.1, -0.05) is 31.2 Å². The quantitative estimate of drug-likeness (QED) is 0.573. The van der Waals surface area contributed by atoms with E-state index in [1.165, 1.54) is 17.7 Å². The number of allylic oxidation sites excluding steroid dienone is 1. The fourth-order valence-electron chi connectivity index (χ4n) is 1.58. The summed E-state index contributed by atoms with van der Waals surface area (Å²) in [5, 5.41) is 3.39. The molecule has 0 aliphatic carbocycles. The van der Waals surface area contributed by atoms with E-state index in [2.05, 4.69) is 24.4 Å². The topological polar surface area (TPSA) is 12.0 Å². The molecule has 0 aliphatic rings. The van der Waals surface area contributed by atoms with Crippen molar-refractivity contribution in [3.63, 3.8) is 0 Å². The second-order valence-electron chi connectivity index (χ2n) is 4.01. The van der Waals surface area contributed by atoms with Gasteiger partial charge in [0.15, 0.2) is 0 Å². The van der Waals surface area contributed by atoms with Crippen molar-refractivity contribution in [2.24, 2.45) is 0 Å². The lowest BCUT2D eigenvalue weighted by atomic mass is 10.0. The Labute approximate surface area is 97.4 Å². The normalized spacial score (nSPS) is 13.2. The highest BCUT2D eigenvalue weighted by molar-refractivity contribution is 5.20. The lowest BCUT2D eigenvalue weighted by Crippen LogP contribution is -2.20. The third-order valence-electron chi connectivity index (χ3n) is 2.61. The maximum atomic E-state index is 12.7. The van der Waals surface area contributed by atoms with E-state index in [9.17, 15) is 4.39 Å². The van der Waals surface area contributed by atoms with Gasteiger partial charge in [0.05, 0.1) is 0 Å². The Balaban J connectivity index is 2.29.